The molecule has 0 unspecified atom stereocenters. The molecule has 0 aromatic rings. The van der Waals surface area contributed by atoms with Crippen LogP contribution in [0.1, 0.15) is 13.3 Å². The Hall–Kier alpha value is -0.730. The fourth-order valence-electron chi connectivity index (χ4n) is 0.852. The molecule has 1 rings (SSSR count). The molecule has 1 aliphatic carbocycles. The van der Waals surface area contributed by atoms with Crippen LogP contribution in [-0.2, 0) is 0 Å². The molecule has 56 valence electrons. The highest BCUT2D eigenvalue weighted by Crippen LogP contribution is 2.31. The maximum absolute atomic E-state index is 11.8. The van der Waals surface area contributed by atoms with Crippen LogP contribution in [0.4, 0.5) is 13.2 Å². The summed E-state index contributed by atoms with van der Waals surface area (Å²) in [6.45, 7) is 1.69. The molecular weight excluding hydrogens is 141 g/mol. The lowest BCUT2D eigenvalue weighted by atomic mass is 10.3. The molecule has 0 aromatic heterocycles. The minimum atomic E-state index is -4.16. The number of alkyl halides is 3. The van der Waals surface area contributed by atoms with Crippen LogP contribution in [0.3, 0.4) is 0 Å². The van der Waals surface area contributed by atoms with Crippen molar-refractivity contribution in [2.24, 2.45) is 0 Å². The molecule has 0 fully saturated rings. The summed E-state index contributed by atoms with van der Waals surface area (Å²) in [5.74, 6) is 0. The Bertz CT molecular complexity index is 195. The van der Waals surface area contributed by atoms with E-state index in [9.17, 15) is 13.2 Å². The summed E-state index contributed by atoms with van der Waals surface area (Å²) in [6.07, 6.45) is -1.33. The van der Waals surface area contributed by atoms with Crippen molar-refractivity contribution in [1.82, 2.24) is 0 Å². The second-order valence-electron chi connectivity index (χ2n) is 2.35. The van der Waals surface area contributed by atoms with E-state index in [1.807, 2.05) is 0 Å². The average Bonchev–Trinajstić information content (AvgIpc) is 2.11. The summed E-state index contributed by atoms with van der Waals surface area (Å²) in [5.41, 5.74) is 0.261. The van der Waals surface area contributed by atoms with Gasteiger partial charge in [-0.15, -0.1) is 0 Å². The topological polar surface area (TPSA) is 0 Å². The monoisotopic (exact) mass is 148 g/mol. The van der Waals surface area contributed by atoms with Crippen LogP contribution in [0.15, 0.2) is 23.3 Å². The first-order valence-corrected chi connectivity index (χ1v) is 2.94. The third kappa shape index (κ3) is 1.40. The molecule has 0 aromatic carbocycles. The lowest BCUT2D eigenvalue weighted by molar-refractivity contribution is -0.0880. The maximum Gasteiger partial charge on any atom is 0.416 e. The fraction of sp³-hybridized carbons (Fsp3) is 0.429. The molecule has 0 heterocycles. The van der Waals surface area contributed by atoms with Crippen molar-refractivity contribution in [3.05, 3.63) is 23.3 Å². The lowest BCUT2D eigenvalue weighted by Crippen LogP contribution is -2.08. The van der Waals surface area contributed by atoms with Crippen molar-refractivity contribution >= 4 is 0 Å². The van der Waals surface area contributed by atoms with E-state index in [1.54, 1.807) is 6.92 Å². The predicted molar refractivity (Wildman–Crippen MR) is 32.5 cm³/mol. The molecule has 0 saturated carbocycles. The zero-order valence-electron chi connectivity index (χ0n) is 5.50. The minimum Gasteiger partial charge on any atom is -0.166 e. The van der Waals surface area contributed by atoms with Crippen LogP contribution in [0.2, 0.25) is 0 Å². The van der Waals surface area contributed by atoms with Gasteiger partial charge in [0.1, 0.15) is 0 Å². The number of allylic oxidation sites excluding steroid dienone is 4. The molecule has 0 radical (unpaired) electrons. The van der Waals surface area contributed by atoms with Gasteiger partial charge in [0.15, 0.2) is 0 Å². The number of hydrogen-bond acceptors (Lipinski definition) is 0. The smallest absolute Gasteiger partial charge is 0.166 e. The Morgan fingerprint density at radius 3 is 2.20 bits per heavy atom. The molecule has 0 nitrogen and oxygen atoms in total. The predicted octanol–water partition coefficient (Wildman–Crippen LogP) is 2.83. The van der Waals surface area contributed by atoms with Gasteiger partial charge in [-0.1, -0.05) is 17.7 Å². The van der Waals surface area contributed by atoms with Gasteiger partial charge in [0, 0.05) is 0 Å². The van der Waals surface area contributed by atoms with Crippen molar-refractivity contribution in [2.75, 3.05) is 0 Å². The summed E-state index contributed by atoms with van der Waals surface area (Å²) in [5, 5.41) is 0. The lowest BCUT2D eigenvalue weighted by Gasteiger charge is -2.03. The summed E-state index contributed by atoms with van der Waals surface area (Å²) < 4.78 is 35.5. The summed E-state index contributed by atoms with van der Waals surface area (Å²) in [7, 11) is 0. The highest BCUT2D eigenvalue weighted by molar-refractivity contribution is 5.34. The van der Waals surface area contributed by atoms with Crippen LogP contribution >= 0.6 is 0 Å². The van der Waals surface area contributed by atoms with Gasteiger partial charge < -0.3 is 0 Å². The molecule has 10 heavy (non-hydrogen) atoms. The molecule has 0 saturated heterocycles. The van der Waals surface area contributed by atoms with E-state index in [1.165, 1.54) is 12.2 Å². The first kappa shape index (κ1) is 7.38. The second kappa shape index (κ2) is 2.15. The van der Waals surface area contributed by atoms with Crippen molar-refractivity contribution in [3.8, 4) is 0 Å². The van der Waals surface area contributed by atoms with E-state index < -0.39 is 11.7 Å². The average molecular weight is 148 g/mol. The van der Waals surface area contributed by atoms with E-state index in [2.05, 4.69) is 0 Å². The van der Waals surface area contributed by atoms with Crippen molar-refractivity contribution in [1.29, 1.82) is 0 Å². The van der Waals surface area contributed by atoms with Crippen LogP contribution in [-0.4, -0.2) is 6.18 Å². The third-order valence-corrected chi connectivity index (χ3v) is 1.37. The molecule has 0 amide bonds. The number of halogens is 3. The molecule has 3 heteroatoms. The highest BCUT2D eigenvalue weighted by atomic mass is 19.4. The zero-order chi connectivity index (χ0) is 7.78. The number of rotatable bonds is 0. The van der Waals surface area contributed by atoms with Crippen molar-refractivity contribution in [3.63, 3.8) is 0 Å². The first-order valence-electron chi connectivity index (χ1n) is 2.94. The molecule has 0 N–H and O–H groups in total. The molecule has 0 bridgehead atoms. The summed E-state index contributed by atoms with van der Waals surface area (Å²) >= 11 is 0. The normalized spacial score (nSPS) is 18.8. The fourth-order valence-corrected chi connectivity index (χ4v) is 0.852. The Labute approximate surface area is 57.0 Å². The van der Waals surface area contributed by atoms with Gasteiger partial charge in [0.2, 0.25) is 0 Å². The summed E-state index contributed by atoms with van der Waals surface area (Å²) in [6, 6.07) is 0. The van der Waals surface area contributed by atoms with E-state index in [-0.39, 0.29) is 0 Å². The van der Waals surface area contributed by atoms with Crippen molar-refractivity contribution in [2.45, 2.75) is 19.5 Å². The SMILES string of the molecule is CC1=CC(C(F)(F)F)=CC1. The van der Waals surface area contributed by atoms with Crippen LogP contribution in [0.5, 0.6) is 0 Å². The quantitative estimate of drug-likeness (QED) is 0.495. The Morgan fingerprint density at radius 2 is 2.00 bits per heavy atom. The van der Waals surface area contributed by atoms with Gasteiger partial charge in [-0.25, -0.2) is 0 Å². The Kier molecular flexibility index (Phi) is 1.58. The largest absolute Gasteiger partial charge is 0.416 e. The van der Waals surface area contributed by atoms with Crippen LogP contribution in [0.25, 0.3) is 0 Å². The maximum atomic E-state index is 11.8. The van der Waals surface area contributed by atoms with Gasteiger partial charge in [-0.3, -0.25) is 0 Å². The summed E-state index contributed by atoms with van der Waals surface area (Å²) in [4.78, 5) is 0. The van der Waals surface area contributed by atoms with Crippen molar-refractivity contribution < 1.29 is 13.2 Å². The first-order chi connectivity index (χ1) is 4.50. The molecule has 0 atom stereocenters. The van der Waals surface area contributed by atoms with E-state index in [4.69, 9.17) is 0 Å². The molecule has 0 aliphatic heterocycles. The van der Waals surface area contributed by atoms with Gasteiger partial charge in [-0.2, -0.15) is 13.2 Å². The van der Waals surface area contributed by atoms with Crippen LogP contribution in [0, 0.1) is 0 Å². The van der Waals surface area contributed by atoms with Crippen LogP contribution < -0.4 is 0 Å². The second-order valence-corrected chi connectivity index (χ2v) is 2.35. The minimum absolute atomic E-state index is 0.439. The molecule has 0 spiro atoms. The molecular formula is C7H7F3. The molecule has 1 aliphatic rings. The van der Waals surface area contributed by atoms with Gasteiger partial charge >= 0.3 is 6.18 Å². The van der Waals surface area contributed by atoms with Gasteiger partial charge in [-0.05, 0) is 13.3 Å². The van der Waals surface area contributed by atoms with E-state index in [0.29, 0.717) is 6.42 Å². The van der Waals surface area contributed by atoms with Gasteiger partial charge in [0.25, 0.3) is 0 Å². The van der Waals surface area contributed by atoms with E-state index >= 15 is 0 Å². The Balaban J connectivity index is 2.77. The standard InChI is InChI=1S/C7H7F3/c1-5-2-3-6(4-5)7(8,9)10/h3-4H,2H2,1H3. The van der Waals surface area contributed by atoms with Gasteiger partial charge in [0.05, 0.1) is 5.57 Å². The zero-order valence-corrected chi connectivity index (χ0v) is 5.50. The van der Waals surface area contributed by atoms with E-state index in [0.717, 1.165) is 5.57 Å². The Morgan fingerprint density at radius 1 is 1.40 bits per heavy atom. The highest BCUT2D eigenvalue weighted by Gasteiger charge is 2.33. The third-order valence-electron chi connectivity index (χ3n) is 1.37. The number of hydrogen-bond donors (Lipinski definition) is 0.